The van der Waals surface area contributed by atoms with E-state index in [-0.39, 0.29) is 23.6 Å². The van der Waals surface area contributed by atoms with E-state index in [1.54, 1.807) is 12.1 Å². The maximum atomic E-state index is 12.6. The zero-order valence-corrected chi connectivity index (χ0v) is 14.0. The molecule has 2 aliphatic heterocycles. The molecule has 0 aliphatic carbocycles. The molecule has 2 aliphatic rings. The minimum absolute atomic E-state index is 0.00697. The highest BCUT2D eigenvalue weighted by Crippen LogP contribution is 2.14. The highest BCUT2D eigenvalue weighted by Gasteiger charge is 2.20. The number of carbonyl (C=O) groups excluding carboxylic acids is 2. The van der Waals surface area contributed by atoms with Crippen molar-refractivity contribution in [2.75, 3.05) is 26.2 Å². The standard InChI is InChI=1S/C18H25N3O3/c22-17(20-13-15-6-5-11-24-15)16-12-14(7-8-19-16)18(23)21-9-3-1-2-4-10-21/h7-8,12,15H,1-6,9-11,13H2,(H,20,22). The van der Waals surface area contributed by atoms with Crippen LogP contribution in [0.5, 0.6) is 0 Å². The van der Waals surface area contributed by atoms with Gasteiger partial charge >= 0.3 is 0 Å². The van der Waals surface area contributed by atoms with Crippen LogP contribution in [0.4, 0.5) is 0 Å². The molecule has 0 aromatic carbocycles. The van der Waals surface area contributed by atoms with E-state index in [0.29, 0.717) is 12.1 Å². The molecule has 2 saturated heterocycles. The van der Waals surface area contributed by atoms with Crippen molar-refractivity contribution in [3.63, 3.8) is 0 Å². The average molecular weight is 331 g/mol. The third-order valence-electron chi connectivity index (χ3n) is 4.65. The second-order valence-corrected chi connectivity index (χ2v) is 6.48. The van der Waals surface area contributed by atoms with Gasteiger partial charge in [0.25, 0.3) is 11.8 Å². The number of amides is 2. The van der Waals surface area contributed by atoms with Crippen LogP contribution in [0, 0.1) is 0 Å². The number of aromatic nitrogens is 1. The van der Waals surface area contributed by atoms with Gasteiger partial charge in [-0.25, -0.2) is 0 Å². The summed E-state index contributed by atoms with van der Waals surface area (Å²) in [5.41, 5.74) is 0.822. The summed E-state index contributed by atoms with van der Waals surface area (Å²) in [6.07, 6.45) is 8.09. The molecule has 3 heterocycles. The molecule has 130 valence electrons. The third kappa shape index (κ3) is 4.32. The van der Waals surface area contributed by atoms with Gasteiger partial charge in [-0.1, -0.05) is 12.8 Å². The van der Waals surface area contributed by atoms with Crippen LogP contribution in [-0.2, 0) is 4.74 Å². The molecule has 0 bridgehead atoms. The Balaban J connectivity index is 1.61. The Morgan fingerprint density at radius 1 is 1.21 bits per heavy atom. The van der Waals surface area contributed by atoms with Gasteiger partial charge in [0, 0.05) is 38.0 Å². The zero-order valence-electron chi connectivity index (χ0n) is 14.0. The van der Waals surface area contributed by atoms with Crippen LogP contribution in [-0.4, -0.2) is 54.0 Å². The number of nitrogens with one attached hydrogen (secondary N) is 1. The van der Waals surface area contributed by atoms with Gasteiger partial charge in [0.15, 0.2) is 0 Å². The predicted octanol–water partition coefficient (Wildman–Crippen LogP) is 2.01. The van der Waals surface area contributed by atoms with Crippen molar-refractivity contribution in [2.45, 2.75) is 44.6 Å². The molecule has 0 saturated carbocycles. The van der Waals surface area contributed by atoms with Gasteiger partial charge in [0.05, 0.1) is 6.10 Å². The molecule has 6 heteroatoms. The van der Waals surface area contributed by atoms with E-state index in [4.69, 9.17) is 4.74 Å². The van der Waals surface area contributed by atoms with Crippen molar-refractivity contribution in [2.24, 2.45) is 0 Å². The SMILES string of the molecule is O=C(NCC1CCCO1)c1cc(C(=O)N2CCCCCC2)ccn1. The van der Waals surface area contributed by atoms with Gasteiger partial charge < -0.3 is 15.0 Å². The number of rotatable bonds is 4. The number of nitrogens with zero attached hydrogens (tertiary/aromatic N) is 2. The van der Waals surface area contributed by atoms with E-state index in [2.05, 4.69) is 10.3 Å². The number of ether oxygens (including phenoxy) is 1. The second kappa shape index (κ2) is 8.24. The maximum Gasteiger partial charge on any atom is 0.269 e. The summed E-state index contributed by atoms with van der Waals surface area (Å²) in [7, 11) is 0. The van der Waals surface area contributed by atoms with Crippen molar-refractivity contribution in [3.8, 4) is 0 Å². The smallest absolute Gasteiger partial charge is 0.269 e. The minimum atomic E-state index is -0.254. The number of pyridine rings is 1. The lowest BCUT2D eigenvalue weighted by atomic mass is 10.2. The number of carbonyl (C=O) groups is 2. The molecule has 6 nitrogen and oxygen atoms in total. The molecule has 3 rings (SSSR count). The number of hydrogen-bond acceptors (Lipinski definition) is 4. The van der Waals surface area contributed by atoms with Crippen molar-refractivity contribution >= 4 is 11.8 Å². The van der Waals surface area contributed by atoms with Crippen LogP contribution < -0.4 is 5.32 Å². The topological polar surface area (TPSA) is 71.5 Å². The van der Waals surface area contributed by atoms with Crippen molar-refractivity contribution in [1.82, 2.24) is 15.2 Å². The van der Waals surface area contributed by atoms with Crippen LogP contribution in [0.3, 0.4) is 0 Å². The summed E-state index contributed by atoms with van der Waals surface area (Å²) in [5.74, 6) is -0.261. The molecule has 1 atom stereocenters. The lowest BCUT2D eigenvalue weighted by Gasteiger charge is -2.20. The lowest BCUT2D eigenvalue weighted by Crippen LogP contribution is -2.33. The normalized spacial score (nSPS) is 21.3. The molecule has 2 fully saturated rings. The highest BCUT2D eigenvalue weighted by molar-refractivity contribution is 5.98. The fourth-order valence-corrected chi connectivity index (χ4v) is 3.25. The van der Waals surface area contributed by atoms with E-state index < -0.39 is 0 Å². The molecule has 1 aromatic rings. The van der Waals surface area contributed by atoms with Crippen LogP contribution in [0.1, 0.15) is 59.4 Å². The van der Waals surface area contributed by atoms with E-state index >= 15 is 0 Å². The van der Waals surface area contributed by atoms with Gasteiger partial charge in [-0.15, -0.1) is 0 Å². The predicted molar refractivity (Wildman–Crippen MR) is 89.9 cm³/mol. The average Bonchev–Trinajstić information content (AvgIpc) is 2.99. The third-order valence-corrected chi connectivity index (χ3v) is 4.65. The van der Waals surface area contributed by atoms with Crippen LogP contribution in [0.15, 0.2) is 18.3 Å². The van der Waals surface area contributed by atoms with Gasteiger partial charge in [0.1, 0.15) is 5.69 Å². The summed E-state index contributed by atoms with van der Waals surface area (Å²) < 4.78 is 5.50. The van der Waals surface area contributed by atoms with E-state index in [1.807, 2.05) is 4.90 Å². The van der Waals surface area contributed by atoms with Crippen molar-refractivity contribution < 1.29 is 14.3 Å². The zero-order chi connectivity index (χ0) is 16.8. The van der Waals surface area contributed by atoms with E-state index in [9.17, 15) is 9.59 Å². The van der Waals surface area contributed by atoms with Crippen molar-refractivity contribution in [1.29, 1.82) is 0 Å². The quantitative estimate of drug-likeness (QED) is 0.916. The van der Waals surface area contributed by atoms with Crippen LogP contribution in [0.25, 0.3) is 0 Å². The largest absolute Gasteiger partial charge is 0.376 e. The summed E-state index contributed by atoms with van der Waals surface area (Å²) in [4.78, 5) is 30.9. The van der Waals surface area contributed by atoms with E-state index in [0.717, 1.165) is 45.4 Å². The van der Waals surface area contributed by atoms with E-state index in [1.165, 1.54) is 19.0 Å². The molecule has 24 heavy (non-hydrogen) atoms. The highest BCUT2D eigenvalue weighted by atomic mass is 16.5. The van der Waals surface area contributed by atoms with Gasteiger partial charge in [-0.2, -0.15) is 0 Å². The van der Waals surface area contributed by atoms with Crippen LogP contribution in [0.2, 0.25) is 0 Å². The number of hydrogen-bond donors (Lipinski definition) is 1. The maximum absolute atomic E-state index is 12.6. The first-order valence-electron chi connectivity index (χ1n) is 8.89. The van der Waals surface area contributed by atoms with Crippen molar-refractivity contribution in [3.05, 3.63) is 29.6 Å². The summed E-state index contributed by atoms with van der Waals surface area (Å²) >= 11 is 0. The summed E-state index contributed by atoms with van der Waals surface area (Å²) in [6, 6.07) is 3.28. The molecule has 0 radical (unpaired) electrons. The Labute approximate surface area is 142 Å². The molecule has 1 aromatic heterocycles. The first-order chi connectivity index (χ1) is 11.7. The molecular formula is C18H25N3O3. The van der Waals surface area contributed by atoms with Crippen LogP contribution >= 0.6 is 0 Å². The Morgan fingerprint density at radius 2 is 2.00 bits per heavy atom. The molecule has 2 amide bonds. The Hall–Kier alpha value is -1.95. The second-order valence-electron chi connectivity index (χ2n) is 6.48. The van der Waals surface area contributed by atoms with Gasteiger partial charge in [0.2, 0.25) is 0 Å². The molecule has 0 spiro atoms. The summed E-state index contributed by atoms with van der Waals surface area (Å²) in [6.45, 7) is 2.84. The fraction of sp³-hybridized carbons (Fsp3) is 0.611. The Bertz CT molecular complexity index is 577. The lowest BCUT2D eigenvalue weighted by molar-refractivity contribution is 0.0761. The Morgan fingerprint density at radius 3 is 2.71 bits per heavy atom. The summed E-state index contributed by atoms with van der Waals surface area (Å²) in [5, 5.41) is 2.85. The molecule has 1 unspecified atom stereocenters. The first kappa shape index (κ1) is 16.9. The molecular weight excluding hydrogens is 306 g/mol. The molecule has 1 N–H and O–H groups in total. The fourth-order valence-electron chi connectivity index (χ4n) is 3.25. The monoisotopic (exact) mass is 331 g/mol. The Kier molecular flexibility index (Phi) is 5.80. The first-order valence-corrected chi connectivity index (χ1v) is 8.89. The number of likely N-dealkylation sites (tertiary alicyclic amines) is 1. The van der Waals surface area contributed by atoms with Gasteiger partial charge in [-0.05, 0) is 37.8 Å². The minimum Gasteiger partial charge on any atom is -0.376 e. The van der Waals surface area contributed by atoms with Gasteiger partial charge in [-0.3, -0.25) is 14.6 Å².